The third kappa shape index (κ3) is 2.37. The number of fused-ring (bicyclic) bond motifs is 1. The number of hydrogen-bond donors (Lipinski definition) is 1. The van der Waals surface area contributed by atoms with Crippen molar-refractivity contribution in [2.45, 2.75) is 19.3 Å². The lowest BCUT2D eigenvalue weighted by molar-refractivity contribution is 0.134. The van der Waals surface area contributed by atoms with E-state index in [1.165, 1.54) is 5.56 Å². The molecular formula is C15H12Cl2O2. The molecule has 19 heavy (non-hydrogen) atoms. The maximum atomic E-state index is 10.4. The van der Waals surface area contributed by atoms with Crippen molar-refractivity contribution in [1.82, 2.24) is 0 Å². The minimum absolute atomic E-state index is 0.397. The molecule has 4 heteroatoms. The Morgan fingerprint density at radius 3 is 2.68 bits per heavy atom. The lowest BCUT2D eigenvalue weighted by Gasteiger charge is -2.14. The van der Waals surface area contributed by atoms with Gasteiger partial charge in [0, 0.05) is 5.56 Å². The number of halogens is 2. The summed E-state index contributed by atoms with van der Waals surface area (Å²) in [5, 5.41) is 11.3. The predicted molar refractivity (Wildman–Crippen MR) is 75.5 cm³/mol. The molecule has 1 aliphatic rings. The monoisotopic (exact) mass is 294 g/mol. The standard InChI is InChI=1S/C15H12Cl2O2/c16-13-3-1-2-12(14(13)17)15(18)9-4-5-10-7-19-8-11(10)6-9/h1-6,15,18H,7-8H2. The molecule has 0 aromatic heterocycles. The van der Waals surface area contributed by atoms with Crippen LogP contribution in [-0.2, 0) is 18.0 Å². The highest BCUT2D eigenvalue weighted by Crippen LogP contribution is 2.34. The van der Waals surface area contributed by atoms with Crippen LogP contribution in [0, 0.1) is 0 Å². The molecule has 2 nitrogen and oxygen atoms in total. The first-order valence-corrected chi connectivity index (χ1v) is 6.74. The van der Waals surface area contributed by atoms with Crippen molar-refractivity contribution in [3.05, 3.63) is 68.7 Å². The van der Waals surface area contributed by atoms with E-state index in [1.54, 1.807) is 18.2 Å². The Labute approximate surface area is 121 Å². The van der Waals surface area contributed by atoms with Crippen LogP contribution in [0.1, 0.15) is 28.4 Å². The van der Waals surface area contributed by atoms with Crippen molar-refractivity contribution in [1.29, 1.82) is 0 Å². The van der Waals surface area contributed by atoms with Crippen LogP contribution in [-0.4, -0.2) is 5.11 Å². The normalized spacial score (nSPS) is 15.3. The van der Waals surface area contributed by atoms with Gasteiger partial charge in [0.25, 0.3) is 0 Å². The van der Waals surface area contributed by atoms with Crippen molar-refractivity contribution in [2.24, 2.45) is 0 Å². The van der Waals surface area contributed by atoms with E-state index in [9.17, 15) is 5.11 Å². The summed E-state index contributed by atoms with van der Waals surface area (Å²) in [7, 11) is 0. The summed E-state index contributed by atoms with van der Waals surface area (Å²) in [5.41, 5.74) is 3.71. The third-order valence-electron chi connectivity index (χ3n) is 3.34. The number of benzene rings is 2. The molecule has 0 saturated carbocycles. The predicted octanol–water partition coefficient (Wildman–Crippen LogP) is 4.11. The van der Waals surface area contributed by atoms with Crippen LogP contribution in [0.15, 0.2) is 36.4 Å². The van der Waals surface area contributed by atoms with E-state index in [4.69, 9.17) is 27.9 Å². The van der Waals surface area contributed by atoms with Crippen molar-refractivity contribution in [2.75, 3.05) is 0 Å². The molecule has 0 saturated heterocycles. The quantitative estimate of drug-likeness (QED) is 0.903. The maximum absolute atomic E-state index is 10.4. The Bertz CT molecular complexity index is 626. The molecule has 0 radical (unpaired) electrons. The van der Waals surface area contributed by atoms with E-state index in [0.29, 0.717) is 28.8 Å². The first-order valence-electron chi connectivity index (χ1n) is 5.98. The molecule has 1 N–H and O–H groups in total. The molecular weight excluding hydrogens is 283 g/mol. The Kier molecular flexibility index (Phi) is 3.50. The third-order valence-corrected chi connectivity index (χ3v) is 4.17. The first-order chi connectivity index (χ1) is 9.16. The van der Waals surface area contributed by atoms with Crippen molar-refractivity contribution >= 4 is 23.2 Å². The molecule has 0 bridgehead atoms. The minimum atomic E-state index is -0.780. The molecule has 1 heterocycles. The molecule has 0 aliphatic carbocycles. The summed E-state index contributed by atoms with van der Waals surface area (Å²) in [4.78, 5) is 0. The molecule has 1 aliphatic heterocycles. The topological polar surface area (TPSA) is 29.5 Å². The minimum Gasteiger partial charge on any atom is -0.384 e. The highest BCUT2D eigenvalue weighted by molar-refractivity contribution is 6.42. The van der Waals surface area contributed by atoms with Gasteiger partial charge in [0.05, 0.1) is 23.3 Å². The summed E-state index contributed by atoms with van der Waals surface area (Å²) in [5.74, 6) is 0. The highest BCUT2D eigenvalue weighted by atomic mass is 35.5. The van der Waals surface area contributed by atoms with Crippen molar-refractivity contribution in [3.8, 4) is 0 Å². The van der Waals surface area contributed by atoms with Crippen LogP contribution < -0.4 is 0 Å². The van der Waals surface area contributed by atoms with Gasteiger partial charge < -0.3 is 9.84 Å². The zero-order chi connectivity index (χ0) is 13.4. The van der Waals surface area contributed by atoms with Gasteiger partial charge >= 0.3 is 0 Å². The lowest BCUT2D eigenvalue weighted by Crippen LogP contribution is -2.01. The molecule has 2 aromatic carbocycles. The summed E-state index contributed by atoms with van der Waals surface area (Å²) in [6.45, 7) is 1.24. The fourth-order valence-corrected chi connectivity index (χ4v) is 2.68. The molecule has 0 amide bonds. The van der Waals surface area contributed by atoms with Gasteiger partial charge in [0.2, 0.25) is 0 Å². The Balaban J connectivity index is 2.00. The van der Waals surface area contributed by atoms with Gasteiger partial charge in [-0.3, -0.25) is 0 Å². The Morgan fingerprint density at radius 2 is 1.84 bits per heavy atom. The van der Waals surface area contributed by atoms with E-state index >= 15 is 0 Å². The van der Waals surface area contributed by atoms with Gasteiger partial charge in [0.1, 0.15) is 6.10 Å². The van der Waals surface area contributed by atoms with Gasteiger partial charge in [-0.25, -0.2) is 0 Å². The van der Waals surface area contributed by atoms with Crippen molar-refractivity contribution < 1.29 is 9.84 Å². The Hall–Kier alpha value is -1.06. The summed E-state index contributed by atoms with van der Waals surface area (Å²) >= 11 is 12.1. The molecule has 0 spiro atoms. The fourth-order valence-electron chi connectivity index (χ4n) is 2.27. The second-order valence-corrected chi connectivity index (χ2v) is 5.35. The number of aliphatic hydroxyl groups excluding tert-OH is 1. The number of rotatable bonds is 2. The van der Waals surface area contributed by atoms with Gasteiger partial charge in [-0.15, -0.1) is 0 Å². The second kappa shape index (κ2) is 5.14. The summed E-state index contributed by atoms with van der Waals surface area (Å²) in [6.07, 6.45) is -0.780. The van der Waals surface area contributed by atoms with E-state index in [0.717, 1.165) is 11.1 Å². The van der Waals surface area contributed by atoms with Gasteiger partial charge in [-0.2, -0.15) is 0 Å². The summed E-state index contributed by atoms with van der Waals surface area (Å²) < 4.78 is 5.37. The van der Waals surface area contributed by atoms with Gasteiger partial charge in [-0.05, 0) is 22.8 Å². The molecule has 3 rings (SSSR count). The van der Waals surface area contributed by atoms with Crippen LogP contribution in [0.3, 0.4) is 0 Å². The van der Waals surface area contributed by atoms with Gasteiger partial charge in [-0.1, -0.05) is 53.5 Å². The molecule has 2 aromatic rings. The van der Waals surface area contributed by atoms with Crippen LogP contribution in [0.4, 0.5) is 0 Å². The van der Waals surface area contributed by atoms with Crippen LogP contribution in [0.2, 0.25) is 10.0 Å². The fraction of sp³-hybridized carbons (Fsp3) is 0.200. The average Bonchev–Trinajstić information content (AvgIpc) is 2.88. The smallest absolute Gasteiger partial charge is 0.106 e. The SMILES string of the molecule is OC(c1ccc2c(c1)COC2)c1cccc(Cl)c1Cl. The zero-order valence-electron chi connectivity index (χ0n) is 10.1. The van der Waals surface area contributed by atoms with Crippen molar-refractivity contribution in [3.63, 3.8) is 0 Å². The van der Waals surface area contributed by atoms with E-state index in [2.05, 4.69) is 0 Å². The average molecular weight is 295 g/mol. The molecule has 0 fully saturated rings. The van der Waals surface area contributed by atoms with Crippen LogP contribution in [0.5, 0.6) is 0 Å². The zero-order valence-corrected chi connectivity index (χ0v) is 11.6. The first kappa shape index (κ1) is 12.9. The maximum Gasteiger partial charge on any atom is 0.106 e. The molecule has 1 atom stereocenters. The van der Waals surface area contributed by atoms with E-state index < -0.39 is 6.10 Å². The highest BCUT2D eigenvalue weighted by Gasteiger charge is 2.18. The van der Waals surface area contributed by atoms with Crippen LogP contribution >= 0.6 is 23.2 Å². The second-order valence-electron chi connectivity index (χ2n) is 4.57. The summed E-state index contributed by atoms with van der Waals surface area (Å²) in [6, 6.07) is 11.1. The number of aliphatic hydroxyl groups is 1. The van der Waals surface area contributed by atoms with E-state index in [1.807, 2.05) is 18.2 Å². The lowest BCUT2D eigenvalue weighted by atomic mass is 9.98. The molecule has 98 valence electrons. The number of ether oxygens (including phenoxy) is 1. The Morgan fingerprint density at radius 1 is 1.05 bits per heavy atom. The largest absolute Gasteiger partial charge is 0.384 e. The van der Waals surface area contributed by atoms with E-state index in [-0.39, 0.29) is 0 Å². The van der Waals surface area contributed by atoms with Crippen LogP contribution in [0.25, 0.3) is 0 Å². The number of hydrogen-bond acceptors (Lipinski definition) is 2. The molecule has 1 unspecified atom stereocenters. The van der Waals surface area contributed by atoms with Gasteiger partial charge in [0.15, 0.2) is 0 Å².